The molecule has 53 heavy (non-hydrogen) atoms. The van der Waals surface area contributed by atoms with E-state index in [0.717, 1.165) is 77.0 Å². The monoisotopic (exact) mass is 740 g/mol. The summed E-state index contributed by atoms with van der Waals surface area (Å²) < 4.78 is 103. The molecule has 0 saturated heterocycles. The van der Waals surface area contributed by atoms with E-state index in [9.17, 15) is 26.3 Å². The van der Waals surface area contributed by atoms with Crippen LogP contribution in [0.25, 0.3) is 22.3 Å². The van der Waals surface area contributed by atoms with Gasteiger partial charge in [-0.2, -0.15) is 4.39 Å². The van der Waals surface area contributed by atoms with E-state index < -0.39 is 34.9 Å². The Morgan fingerprint density at radius 3 is 1.47 bits per heavy atom. The Bertz CT molecular complexity index is 1770. The molecule has 1 atom stereocenters. The van der Waals surface area contributed by atoms with E-state index in [4.69, 9.17) is 14.2 Å². The number of hydrogen-bond donors (Lipinski definition) is 0. The van der Waals surface area contributed by atoms with Crippen molar-refractivity contribution in [3.8, 4) is 39.5 Å². The van der Waals surface area contributed by atoms with Gasteiger partial charge in [-0.3, -0.25) is 0 Å². The Morgan fingerprint density at radius 1 is 0.528 bits per heavy atom. The SMILES string of the molecule is C=CC(CCCCCCCOc1ccc(-c2ccc(C)c(F)c2F)c(F)c1)CCCCCCCOc1ccc(-c2ccc(OCC)c(F)c2F)c(F)c1. The minimum Gasteiger partial charge on any atom is -0.493 e. The molecule has 4 aromatic carbocycles. The van der Waals surface area contributed by atoms with Crippen LogP contribution in [0.5, 0.6) is 17.2 Å². The van der Waals surface area contributed by atoms with Crippen LogP contribution >= 0.6 is 0 Å². The van der Waals surface area contributed by atoms with Crippen LogP contribution in [0.3, 0.4) is 0 Å². The number of aryl methyl sites for hydroxylation is 1. The minimum absolute atomic E-state index is 0.00343. The van der Waals surface area contributed by atoms with E-state index in [1.165, 1.54) is 55.5 Å². The number of benzene rings is 4. The summed E-state index contributed by atoms with van der Waals surface area (Å²) in [4.78, 5) is 0. The quantitative estimate of drug-likeness (QED) is 0.0431. The van der Waals surface area contributed by atoms with Crippen molar-refractivity contribution in [2.24, 2.45) is 5.92 Å². The highest BCUT2D eigenvalue weighted by Crippen LogP contribution is 2.34. The van der Waals surface area contributed by atoms with Gasteiger partial charge in [-0.1, -0.05) is 69.6 Å². The summed E-state index contributed by atoms with van der Waals surface area (Å²) >= 11 is 0. The molecule has 0 aliphatic heterocycles. The molecule has 0 radical (unpaired) electrons. The van der Waals surface area contributed by atoms with Gasteiger partial charge >= 0.3 is 0 Å². The van der Waals surface area contributed by atoms with Gasteiger partial charge in [0.05, 0.1) is 19.8 Å². The van der Waals surface area contributed by atoms with Gasteiger partial charge in [0, 0.05) is 34.4 Å². The first kappa shape index (κ1) is 41.4. The molecule has 0 amide bonds. The third kappa shape index (κ3) is 12.1. The summed E-state index contributed by atoms with van der Waals surface area (Å²) in [5, 5.41) is 0. The van der Waals surface area contributed by atoms with Crippen molar-refractivity contribution in [2.75, 3.05) is 19.8 Å². The third-order valence-electron chi connectivity index (χ3n) is 9.39. The molecule has 0 saturated carbocycles. The van der Waals surface area contributed by atoms with Crippen molar-refractivity contribution >= 4 is 0 Å². The first-order valence-electron chi connectivity index (χ1n) is 18.7. The maximum atomic E-state index is 14.8. The van der Waals surface area contributed by atoms with Crippen LogP contribution in [0.1, 0.15) is 89.5 Å². The Morgan fingerprint density at radius 2 is 0.981 bits per heavy atom. The smallest absolute Gasteiger partial charge is 0.201 e. The average molecular weight is 741 g/mol. The van der Waals surface area contributed by atoms with Crippen LogP contribution in [0.4, 0.5) is 26.3 Å². The molecule has 0 bridgehead atoms. The lowest BCUT2D eigenvalue weighted by Crippen LogP contribution is -2.01. The molecule has 3 nitrogen and oxygen atoms in total. The Balaban J connectivity index is 1.02. The van der Waals surface area contributed by atoms with E-state index in [0.29, 0.717) is 30.6 Å². The standard InChI is InChI=1S/C44H50F6O3/c1-4-31(16-12-8-6-10-14-26-52-32-19-22-34(38(45)28-32)36-21-18-30(3)41(47)42(36)48)17-13-9-7-11-15-27-53-33-20-23-35(39(46)29-33)37-24-25-40(51-5-2)44(50)43(37)49/h4,18-25,28-29,31H,1,5-17,26-27H2,2-3H3. The van der Waals surface area contributed by atoms with Gasteiger partial charge in [0.1, 0.15) is 23.1 Å². The van der Waals surface area contributed by atoms with Crippen LogP contribution in [0.15, 0.2) is 73.3 Å². The normalized spacial score (nSPS) is 11.8. The van der Waals surface area contributed by atoms with Crippen molar-refractivity contribution in [3.05, 3.63) is 114 Å². The Labute approximate surface area is 310 Å². The lowest BCUT2D eigenvalue weighted by Gasteiger charge is -2.13. The summed E-state index contributed by atoms with van der Waals surface area (Å²) in [5.74, 6) is -4.68. The molecule has 0 aliphatic carbocycles. The zero-order chi connectivity index (χ0) is 38.2. The molecular weight excluding hydrogens is 690 g/mol. The summed E-state index contributed by atoms with van der Waals surface area (Å²) in [5.41, 5.74) is -0.165. The molecule has 1 unspecified atom stereocenters. The molecule has 9 heteroatoms. The topological polar surface area (TPSA) is 27.7 Å². The Hall–Kier alpha value is -4.40. The van der Waals surface area contributed by atoms with Gasteiger partial charge in [-0.05, 0) is 87.4 Å². The second-order valence-electron chi connectivity index (χ2n) is 13.3. The van der Waals surface area contributed by atoms with Crippen molar-refractivity contribution in [1.29, 1.82) is 0 Å². The van der Waals surface area contributed by atoms with E-state index in [1.54, 1.807) is 19.1 Å². The van der Waals surface area contributed by atoms with E-state index in [1.807, 2.05) is 0 Å². The van der Waals surface area contributed by atoms with E-state index in [-0.39, 0.29) is 40.2 Å². The summed E-state index contributed by atoms with van der Waals surface area (Å²) in [6.45, 7) is 8.23. The second kappa shape index (κ2) is 21.3. The highest BCUT2D eigenvalue weighted by atomic mass is 19.2. The van der Waals surface area contributed by atoms with Gasteiger partial charge in [-0.15, -0.1) is 6.58 Å². The van der Waals surface area contributed by atoms with E-state index >= 15 is 0 Å². The minimum atomic E-state index is -1.15. The first-order chi connectivity index (χ1) is 25.6. The fourth-order valence-corrected chi connectivity index (χ4v) is 6.31. The van der Waals surface area contributed by atoms with Crippen LogP contribution < -0.4 is 14.2 Å². The highest BCUT2D eigenvalue weighted by Gasteiger charge is 2.19. The predicted octanol–water partition coefficient (Wildman–Crippen LogP) is 13.5. The second-order valence-corrected chi connectivity index (χ2v) is 13.3. The van der Waals surface area contributed by atoms with Crippen LogP contribution in [-0.2, 0) is 0 Å². The number of hydrogen-bond acceptors (Lipinski definition) is 3. The molecule has 4 aromatic rings. The summed E-state index contributed by atoms with van der Waals surface area (Å²) in [7, 11) is 0. The van der Waals surface area contributed by atoms with Crippen LogP contribution in [0.2, 0.25) is 0 Å². The van der Waals surface area contributed by atoms with Crippen molar-refractivity contribution in [2.45, 2.75) is 90.9 Å². The molecule has 0 heterocycles. The maximum Gasteiger partial charge on any atom is 0.201 e. The molecule has 0 N–H and O–H groups in total. The fraction of sp³-hybridized carbons (Fsp3) is 0.409. The van der Waals surface area contributed by atoms with E-state index in [2.05, 4.69) is 12.7 Å². The van der Waals surface area contributed by atoms with Crippen LogP contribution in [-0.4, -0.2) is 19.8 Å². The molecule has 0 fully saturated rings. The fourth-order valence-electron chi connectivity index (χ4n) is 6.31. The van der Waals surface area contributed by atoms with Gasteiger partial charge in [0.25, 0.3) is 0 Å². The molecule has 0 spiro atoms. The zero-order valence-corrected chi connectivity index (χ0v) is 30.7. The number of unbranched alkanes of at least 4 members (excludes halogenated alkanes) is 8. The number of allylic oxidation sites excluding steroid dienone is 1. The Kier molecular flexibility index (Phi) is 16.7. The highest BCUT2D eigenvalue weighted by molar-refractivity contribution is 5.67. The van der Waals surface area contributed by atoms with Crippen molar-refractivity contribution in [1.82, 2.24) is 0 Å². The van der Waals surface area contributed by atoms with Gasteiger partial charge in [-0.25, -0.2) is 22.0 Å². The molecule has 0 aliphatic rings. The van der Waals surface area contributed by atoms with Crippen molar-refractivity contribution < 1.29 is 40.6 Å². The molecule has 0 aromatic heterocycles. The average Bonchev–Trinajstić information content (AvgIpc) is 3.14. The largest absolute Gasteiger partial charge is 0.493 e. The zero-order valence-electron chi connectivity index (χ0n) is 30.7. The molecule has 4 rings (SSSR count). The van der Waals surface area contributed by atoms with Gasteiger partial charge < -0.3 is 14.2 Å². The van der Waals surface area contributed by atoms with Gasteiger partial charge in [0.2, 0.25) is 5.82 Å². The maximum absolute atomic E-state index is 14.8. The van der Waals surface area contributed by atoms with Gasteiger partial charge in [0.15, 0.2) is 23.2 Å². The third-order valence-corrected chi connectivity index (χ3v) is 9.39. The summed E-state index contributed by atoms with van der Waals surface area (Å²) in [6, 6.07) is 13.8. The molecular formula is C44H50F6O3. The number of halogens is 6. The summed E-state index contributed by atoms with van der Waals surface area (Å²) in [6.07, 6.45) is 14.6. The first-order valence-corrected chi connectivity index (χ1v) is 18.7. The number of rotatable bonds is 23. The lowest BCUT2D eigenvalue weighted by molar-refractivity contribution is 0.302. The molecule has 286 valence electrons. The van der Waals surface area contributed by atoms with Crippen molar-refractivity contribution in [3.63, 3.8) is 0 Å². The predicted molar refractivity (Wildman–Crippen MR) is 199 cm³/mol. The number of ether oxygens (including phenoxy) is 3. The lowest BCUT2D eigenvalue weighted by atomic mass is 9.94. The van der Waals surface area contributed by atoms with Crippen LogP contribution in [0, 0.1) is 47.7 Å².